The number of rotatable bonds is 3. The van der Waals surface area contributed by atoms with E-state index in [-0.39, 0.29) is 0 Å². The van der Waals surface area contributed by atoms with Crippen molar-refractivity contribution in [1.29, 1.82) is 0 Å². The van der Waals surface area contributed by atoms with Crippen molar-refractivity contribution in [2.24, 2.45) is 5.41 Å². The summed E-state index contributed by atoms with van der Waals surface area (Å²) in [6.45, 7) is 12.5. The van der Waals surface area contributed by atoms with Crippen LogP contribution in [0.15, 0.2) is 24.3 Å². The SMILES string of the molecule is CCN(c1ccc(C)cc1)C1CCNCC1(C)C. The van der Waals surface area contributed by atoms with Crippen LogP contribution in [0, 0.1) is 12.3 Å². The van der Waals surface area contributed by atoms with Crippen LogP contribution in [0.4, 0.5) is 5.69 Å². The second-order valence-corrected chi connectivity index (χ2v) is 6.09. The highest BCUT2D eigenvalue weighted by Crippen LogP contribution is 2.32. The average Bonchev–Trinajstić information content (AvgIpc) is 2.34. The molecule has 100 valence electrons. The highest BCUT2D eigenvalue weighted by atomic mass is 15.2. The lowest BCUT2D eigenvalue weighted by molar-refractivity contribution is 0.211. The molecule has 0 radical (unpaired) electrons. The first-order valence-corrected chi connectivity index (χ1v) is 7.08. The Morgan fingerprint density at radius 3 is 2.50 bits per heavy atom. The predicted molar refractivity (Wildman–Crippen MR) is 79.3 cm³/mol. The van der Waals surface area contributed by atoms with Crippen LogP contribution < -0.4 is 10.2 Å². The fourth-order valence-electron chi connectivity index (χ4n) is 3.05. The molecule has 0 aromatic heterocycles. The number of aryl methyl sites for hydroxylation is 1. The summed E-state index contributed by atoms with van der Waals surface area (Å²) in [5.41, 5.74) is 3.03. The Bertz CT molecular complexity index is 381. The van der Waals surface area contributed by atoms with Crippen LogP contribution in [0.3, 0.4) is 0 Å². The molecule has 1 fully saturated rings. The summed E-state index contributed by atoms with van der Waals surface area (Å²) in [6, 6.07) is 9.58. The Labute approximate surface area is 111 Å². The lowest BCUT2D eigenvalue weighted by Gasteiger charge is -2.46. The normalized spacial score (nSPS) is 22.8. The Balaban J connectivity index is 2.24. The van der Waals surface area contributed by atoms with E-state index in [4.69, 9.17) is 0 Å². The summed E-state index contributed by atoms with van der Waals surface area (Å²) < 4.78 is 0. The van der Waals surface area contributed by atoms with Gasteiger partial charge in [-0.2, -0.15) is 0 Å². The third-order valence-corrected chi connectivity index (χ3v) is 4.16. The number of anilines is 1. The molecule has 1 heterocycles. The molecule has 2 heteroatoms. The number of hydrogen-bond acceptors (Lipinski definition) is 2. The van der Waals surface area contributed by atoms with Crippen LogP contribution in [0.5, 0.6) is 0 Å². The van der Waals surface area contributed by atoms with Gasteiger partial charge in [-0.15, -0.1) is 0 Å². The van der Waals surface area contributed by atoms with Crippen molar-refractivity contribution in [1.82, 2.24) is 5.32 Å². The van der Waals surface area contributed by atoms with E-state index in [9.17, 15) is 0 Å². The number of nitrogens with one attached hydrogen (secondary N) is 1. The van der Waals surface area contributed by atoms with E-state index in [1.165, 1.54) is 17.7 Å². The van der Waals surface area contributed by atoms with E-state index in [0.717, 1.165) is 19.6 Å². The van der Waals surface area contributed by atoms with Gasteiger partial charge < -0.3 is 10.2 Å². The van der Waals surface area contributed by atoms with Crippen molar-refractivity contribution in [3.8, 4) is 0 Å². The number of piperidine rings is 1. The lowest BCUT2D eigenvalue weighted by Crippen LogP contribution is -2.54. The van der Waals surface area contributed by atoms with Crippen molar-refractivity contribution >= 4 is 5.69 Å². The van der Waals surface area contributed by atoms with E-state index in [0.29, 0.717) is 11.5 Å². The molecule has 1 N–H and O–H groups in total. The van der Waals surface area contributed by atoms with Crippen LogP contribution in [-0.4, -0.2) is 25.7 Å². The molecular weight excluding hydrogens is 220 g/mol. The molecule has 0 saturated carbocycles. The van der Waals surface area contributed by atoms with Crippen molar-refractivity contribution in [2.75, 3.05) is 24.5 Å². The molecule has 2 nitrogen and oxygen atoms in total. The van der Waals surface area contributed by atoms with Crippen LogP contribution in [0.1, 0.15) is 32.8 Å². The van der Waals surface area contributed by atoms with E-state index >= 15 is 0 Å². The molecule has 2 rings (SSSR count). The van der Waals surface area contributed by atoms with E-state index < -0.39 is 0 Å². The van der Waals surface area contributed by atoms with Crippen LogP contribution in [0.25, 0.3) is 0 Å². The Morgan fingerprint density at radius 1 is 1.28 bits per heavy atom. The number of hydrogen-bond donors (Lipinski definition) is 1. The first-order chi connectivity index (χ1) is 8.54. The third kappa shape index (κ3) is 2.69. The van der Waals surface area contributed by atoms with Crippen molar-refractivity contribution in [2.45, 2.75) is 40.2 Å². The average molecular weight is 246 g/mol. The molecule has 1 aliphatic heterocycles. The highest BCUT2D eigenvalue weighted by molar-refractivity contribution is 5.49. The predicted octanol–water partition coefficient (Wildman–Crippen LogP) is 3.21. The molecule has 0 bridgehead atoms. The third-order valence-electron chi connectivity index (χ3n) is 4.16. The minimum atomic E-state index is 0.332. The zero-order valence-electron chi connectivity index (χ0n) is 12.2. The summed E-state index contributed by atoms with van der Waals surface area (Å²) in [4.78, 5) is 2.57. The van der Waals surface area contributed by atoms with E-state index in [1.807, 2.05) is 0 Å². The van der Waals surface area contributed by atoms with Crippen LogP contribution in [0.2, 0.25) is 0 Å². The number of nitrogens with zero attached hydrogens (tertiary/aromatic N) is 1. The van der Waals surface area contributed by atoms with Gasteiger partial charge in [0.25, 0.3) is 0 Å². The lowest BCUT2D eigenvalue weighted by atomic mass is 9.78. The number of benzene rings is 1. The van der Waals surface area contributed by atoms with Gasteiger partial charge in [-0.05, 0) is 44.4 Å². The van der Waals surface area contributed by atoms with Gasteiger partial charge in [0.05, 0.1) is 0 Å². The molecule has 1 atom stereocenters. The maximum Gasteiger partial charge on any atom is 0.0368 e. The largest absolute Gasteiger partial charge is 0.368 e. The van der Waals surface area contributed by atoms with Gasteiger partial charge in [0, 0.05) is 24.8 Å². The standard InChI is InChI=1S/C16H26N2/c1-5-18(14-8-6-13(2)7-9-14)15-10-11-17-12-16(15,3)4/h6-9,15,17H,5,10-12H2,1-4H3. The summed E-state index contributed by atoms with van der Waals surface area (Å²) in [5, 5.41) is 3.52. The van der Waals surface area contributed by atoms with E-state index in [1.54, 1.807) is 0 Å². The topological polar surface area (TPSA) is 15.3 Å². The van der Waals surface area contributed by atoms with Gasteiger partial charge in [0.15, 0.2) is 0 Å². The smallest absolute Gasteiger partial charge is 0.0368 e. The maximum absolute atomic E-state index is 3.52. The molecule has 0 spiro atoms. The molecule has 1 aromatic rings. The van der Waals surface area contributed by atoms with Gasteiger partial charge in [-0.3, -0.25) is 0 Å². The quantitative estimate of drug-likeness (QED) is 0.881. The molecular formula is C16H26N2. The monoisotopic (exact) mass is 246 g/mol. The first kappa shape index (κ1) is 13.4. The van der Waals surface area contributed by atoms with Gasteiger partial charge in [-0.25, -0.2) is 0 Å². The second kappa shape index (κ2) is 5.31. The van der Waals surface area contributed by atoms with E-state index in [2.05, 4.69) is 62.2 Å². The molecule has 1 aromatic carbocycles. The molecule has 1 saturated heterocycles. The zero-order valence-corrected chi connectivity index (χ0v) is 12.2. The molecule has 0 amide bonds. The van der Waals surface area contributed by atoms with Crippen LogP contribution in [-0.2, 0) is 0 Å². The Hall–Kier alpha value is -1.02. The van der Waals surface area contributed by atoms with Crippen molar-refractivity contribution in [3.63, 3.8) is 0 Å². The molecule has 0 aliphatic carbocycles. The van der Waals surface area contributed by atoms with Gasteiger partial charge >= 0.3 is 0 Å². The highest BCUT2D eigenvalue weighted by Gasteiger charge is 2.35. The van der Waals surface area contributed by atoms with Crippen molar-refractivity contribution < 1.29 is 0 Å². The van der Waals surface area contributed by atoms with Gasteiger partial charge in [-0.1, -0.05) is 31.5 Å². The van der Waals surface area contributed by atoms with Crippen molar-refractivity contribution in [3.05, 3.63) is 29.8 Å². The fourth-order valence-corrected chi connectivity index (χ4v) is 3.05. The summed E-state index contributed by atoms with van der Waals surface area (Å²) >= 11 is 0. The summed E-state index contributed by atoms with van der Waals surface area (Å²) in [6.07, 6.45) is 1.23. The Morgan fingerprint density at radius 2 is 1.94 bits per heavy atom. The maximum atomic E-state index is 3.52. The van der Waals surface area contributed by atoms with Crippen LogP contribution >= 0.6 is 0 Å². The van der Waals surface area contributed by atoms with Gasteiger partial charge in [0.1, 0.15) is 0 Å². The zero-order chi connectivity index (χ0) is 13.2. The summed E-state index contributed by atoms with van der Waals surface area (Å²) in [7, 11) is 0. The molecule has 1 aliphatic rings. The van der Waals surface area contributed by atoms with Gasteiger partial charge in [0.2, 0.25) is 0 Å². The molecule has 18 heavy (non-hydrogen) atoms. The minimum absolute atomic E-state index is 0.332. The second-order valence-electron chi connectivity index (χ2n) is 6.09. The fraction of sp³-hybridized carbons (Fsp3) is 0.625. The minimum Gasteiger partial charge on any atom is -0.368 e. The first-order valence-electron chi connectivity index (χ1n) is 7.08. The Kier molecular flexibility index (Phi) is 3.96. The molecule has 1 unspecified atom stereocenters. The summed E-state index contributed by atoms with van der Waals surface area (Å²) in [5.74, 6) is 0.